The van der Waals surface area contributed by atoms with Crippen molar-refractivity contribution < 1.29 is 9.18 Å². The van der Waals surface area contributed by atoms with E-state index in [2.05, 4.69) is 11.9 Å². The highest BCUT2D eigenvalue weighted by Crippen LogP contribution is 2.33. The second kappa shape index (κ2) is 6.30. The molecule has 0 saturated carbocycles. The first kappa shape index (κ1) is 14.8. The summed E-state index contributed by atoms with van der Waals surface area (Å²) in [6.45, 7) is 3.50. The molecule has 0 aliphatic carbocycles. The lowest BCUT2D eigenvalue weighted by molar-refractivity contribution is -0.139. The molecule has 4 nitrogen and oxygen atoms in total. The van der Waals surface area contributed by atoms with E-state index in [9.17, 15) is 9.18 Å². The van der Waals surface area contributed by atoms with Crippen LogP contribution >= 0.6 is 0 Å². The van der Waals surface area contributed by atoms with Crippen molar-refractivity contribution in [2.45, 2.75) is 38.8 Å². The van der Waals surface area contributed by atoms with Crippen molar-refractivity contribution in [2.75, 3.05) is 6.54 Å². The predicted molar refractivity (Wildman–Crippen MR) is 81.7 cm³/mol. The van der Waals surface area contributed by atoms with Crippen LogP contribution in [0.25, 0.3) is 0 Å². The van der Waals surface area contributed by atoms with Crippen LogP contribution in [0.4, 0.5) is 4.39 Å². The third kappa shape index (κ3) is 2.89. The lowest BCUT2D eigenvalue weighted by atomic mass is 9.94. The van der Waals surface area contributed by atoms with Gasteiger partial charge in [-0.1, -0.05) is 19.1 Å². The Balaban J connectivity index is 1.59. The van der Waals surface area contributed by atoms with Crippen LogP contribution in [0.3, 0.4) is 0 Å². The van der Waals surface area contributed by atoms with Gasteiger partial charge in [0.15, 0.2) is 0 Å². The quantitative estimate of drug-likeness (QED) is 0.851. The normalized spacial score (nSPS) is 17.4. The monoisotopic (exact) mass is 301 g/mol. The highest BCUT2D eigenvalue weighted by atomic mass is 19.1. The van der Waals surface area contributed by atoms with Gasteiger partial charge in [-0.25, -0.2) is 9.37 Å². The summed E-state index contributed by atoms with van der Waals surface area (Å²) >= 11 is 0. The van der Waals surface area contributed by atoms with E-state index < -0.39 is 0 Å². The van der Waals surface area contributed by atoms with Crippen LogP contribution in [0.1, 0.15) is 37.2 Å². The lowest BCUT2D eigenvalue weighted by Crippen LogP contribution is -2.45. The molecule has 1 aliphatic heterocycles. The summed E-state index contributed by atoms with van der Waals surface area (Å²) in [7, 11) is 0. The molecule has 1 amide bonds. The standard InChI is InChI=1S/C17H20FN3O/c1-2-16-19-9-12-20(16)10-8-17(22)21-11-7-15(21)13-3-5-14(18)6-4-13/h3-6,9,12,15H,2,7-8,10-11H2,1H3. The summed E-state index contributed by atoms with van der Waals surface area (Å²) in [5.74, 6) is 0.913. The molecule has 1 unspecified atom stereocenters. The minimum atomic E-state index is -0.242. The van der Waals surface area contributed by atoms with Crippen LogP contribution in [0.5, 0.6) is 0 Å². The Morgan fingerprint density at radius 3 is 2.77 bits per heavy atom. The van der Waals surface area contributed by atoms with E-state index in [-0.39, 0.29) is 17.8 Å². The van der Waals surface area contributed by atoms with Gasteiger partial charge in [0.2, 0.25) is 5.91 Å². The van der Waals surface area contributed by atoms with Gasteiger partial charge >= 0.3 is 0 Å². The van der Waals surface area contributed by atoms with E-state index >= 15 is 0 Å². The number of carbonyl (C=O) groups is 1. The molecule has 0 bridgehead atoms. The minimum absolute atomic E-state index is 0.0986. The number of amides is 1. The van der Waals surface area contributed by atoms with Gasteiger partial charge in [-0.15, -0.1) is 0 Å². The number of nitrogens with zero attached hydrogens (tertiary/aromatic N) is 3. The van der Waals surface area contributed by atoms with E-state index in [4.69, 9.17) is 0 Å². The van der Waals surface area contributed by atoms with Crippen molar-refractivity contribution in [1.29, 1.82) is 0 Å². The SMILES string of the molecule is CCc1nccn1CCC(=O)N1CCC1c1ccc(F)cc1. The van der Waals surface area contributed by atoms with Gasteiger partial charge < -0.3 is 9.47 Å². The van der Waals surface area contributed by atoms with Crippen molar-refractivity contribution in [3.05, 3.63) is 53.9 Å². The number of likely N-dealkylation sites (tertiary alicyclic amines) is 1. The maximum absolute atomic E-state index is 13.0. The highest BCUT2D eigenvalue weighted by molar-refractivity contribution is 5.77. The Kier molecular flexibility index (Phi) is 4.22. The molecule has 0 N–H and O–H groups in total. The molecule has 1 fully saturated rings. The van der Waals surface area contributed by atoms with E-state index in [1.165, 1.54) is 12.1 Å². The third-order valence-corrected chi connectivity index (χ3v) is 4.28. The first-order valence-corrected chi connectivity index (χ1v) is 7.74. The van der Waals surface area contributed by atoms with E-state index in [1.54, 1.807) is 18.3 Å². The summed E-state index contributed by atoms with van der Waals surface area (Å²) in [5, 5.41) is 0. The first-order valence-electron chi connectivity index (χ1n) is 7.74. The van der Waals surface area contributed by atoms with Crippen molar-refractivity contribution in [1.82, 2.24) is 14.5 Å². The minimum Gasteiger partial charge on any atom is -0.335 e. The molecule has 0 spiro atoms. The zero-order valence-electron chi connectivity index (χ0n) is 12.7. The Morgan fingerprint density at radius 1 is 1.36 bits per heavy atom. The van der Waals surface area contributed by atoms with Gasteiger partial charge in [-0.3, -0.25) is 4.79 Å². The number of carbonyl (C=O) groups excluding carboxylic acids is 1. The van der Waals surface area contributed by atoms with Crippen LogP contribution in [0.2, 0.25) is 0 Å². The second-order valence-electron chi connectivity index (χ2n) is 5.58. The molecule has 1 aliphatic rings. The van der Waals surface area contributed by atoms with Crippen LogP contribution in [-0.4, -0.2) is 26.9 Å². The Hall–Kier alpha value is -2.17. The first-order chi connectivity index (χ1) is 10.7. The molecular weight excluding hydrogens is 281 g/mol. The molecule has 1 saturated heterocycles. The van der Waals surface area contributed by atoms with E-state index in [1.807, 2.05) is 15.7 Å². The van der Waals surface area contributed by atoms with Crippen LogP contribution in [0, 0.1) is 5.82 Å². The Labute approximate surface area is 129 Å². The Bertz CT molecular complexity index is 650. The zero-order valence-corrected chi connectivity index (χ0v) is 12.7. The van der Waals surface area contributed by atoms with Crippen LogP contribution < -0.4 is 0 Å². The maximum Gasteiger partial charge on any atom is 0.224 e. The van der Waals surface area contributed by atoms with Gasteiger partial charge in [-0.05, 0) is 24.1 Å². The smallest absolute Gasteiger partial charge is 0.224 e. The predicted octanol–water partition coefficient (Wildman–Crippen LogP) is 2.95. The number of aromatic nitrogens is 2. The van der Waals surface area contributed by atoms with E-state index in [0.29, 0.717) is 13.0 Å². The summed E-state index contributed by atoms with van der Waals surface area (Å²) in [5.41, 5.74) is 1.01. The molecule has 3 rings (SSSR count). The number of halogens is 1. The Morgan fingerprint density at radius 2 is 2.14 bits per heavy atom. The molecule has 1 aromatic heterocycles. The number of hydrogen-bond acceptors (Lipinski definition) is 2. The van der Waals surface area contributed by atoms with Crippen molar-refractivity contribution in [3.63, 3.8) is 0 Å². The molecule has 1 aromatic carbocycles. The molecule has 1 atom stereocenters. The van der Waals surface area contributed by atoms with Gasteiger partial charge in [0.1, 0.15) is 11.6 Å². The summed E-state index contributed by atoms with van der Waals surface area (Å²) in [6, 6.07) is 6.54. The van der Waals surface area contributed by atoms with Crippen molar-refractivity contribution in [2.24, 2.45) is 0 Å². The molecule has 2 aromatic rings. The number of imidazole rings is 1. The van der Waals surface area contributed by atoms with Gasteiger partial charge in [0.25, 0.3) is 0 Å². The molecule has 5 heteroatoms. The largest absolute Gasteiger partial charge is 0.335 e. The average molecular weight is 301 g/mol. The molecular formula is C17H20FN3O. The highest BCUT2D eigenvalue weighted by Gasteiger charge is 2.32. The molecule has 116 valence electrons. The summed E-state index contributed by atoms with van der Waals surface area (Å²) in [4.78, 5) is 18.5. The topological polar surface area (TPSA) is 38.1 Å². The van der Waals surface area contributed by atoms with E-state index in [0.717, 1.165) is 30.8 Å². The molecule has 0 radical (unpaired) electrons. The number of rotatable bonds is 5. The lowest BCUT2D eigenvalue weighted by Gasteiger charge is -2.41. The van der Waals surface area contributed by atoms with Crippen molar-refractivity contribution >= 4 is 5.91 Å². The van der Waals surface area contributed by atoms with Crippen LogP contribution in [-0.2, 0) is 17.8 Å². The summed E-state index contributed by atoms with van der Waals surface area (Å²) in [6.07, 6.45) is 5.97. The fraction of sp³-hybridized carbons (Fsp3) is 0.412. The van der Waals surface area contributed by atoms with Crippen molar-refractivity contribution in [3.8, 4) is 0 Å². The van der Waals surface area contributed by atoms with Gasteiger partial charge in [0, 0.05) is 38.3 Å². The van der Waals surface area contributed by atoms with Gasteiger partial charge in [0.05, 0.1) is 6.04 Å². The number of benzene rings is 1. The molecule has 2 heterocycles. The average Bonchev–Trinajstić information content (AvgIpc) is 2.94. The second-order valence-corrected chi connectivity index (χ2v) is 5.58. The fourth-order valence-corrected chi connectivity index (χ4v) is 2.94. The van der Waals surface area contributed by atoms with Crippen LogP contribution in [0.15, 0.2) is 36.7 Å². The summed E-state index contributed by atoms with van der Waals surface area (Å²) < 4.78 is 15.0. The number of aryl methyl sites for hydroxylation is 2. The van der Waals surface area contributed by atoms with Gasteiger partial charge in [-0.2, -0.15) is 0 Å². The zero-order chi connectivity index (χ0) is 15.5. The number of hydrogen-bond donors (Lipinski definition) is 0. The fourth-order valence-electron chi connectivity index (χ4n) is 2.94. The third-order valence-electron chi connectivity index (χ3n) is 4.28. The maximum atomic E-state index is 13.0. The molecule has 22 heavy (non-hydrogen) atoms.